The third-order valence-corrected chi connectivity index (χ3v) is 25.2. The molecule has 4 aliphatic rings. The molecule has 34 heteroatoms. The molecule has 686 valence electrons. The maximum atomic E-state index is 15.8. The largest absolute Gasteiger partial charge is 0.508 e. The van der Waals surface area contributed by atoms with Crippen LogP contribution in [0.1, 0.15) is 119 Å². The first-order valence-electron chi connectivity index (χ1n) is 44.0. The molecule has 12 atom stereocenters. The van der Waals surface area contributed by atoms with Crippen LogP contribution in [0.15, 0.2) is 164 Å². The van der Waals surface area contributed by atoms with Gasteiger partial charge in [0.15, 0.2) is 0 Å². The Bertz CT molecular complexity index is 5200. The molecular formula is C95H118N16O17S. The number of nitrogens with two attached hydrogens (primary N) is 1. The lowest BCUT2D eigenvalue weighted by molar-refractivity contribution is -0.154. The summed E-state index contributed by atoms with van der Waals surface area (Å²) in [6, 6.07) is 27.2. The Morgan fingerprint density at radius 3 is 1.68 bits per heavy atom. The van der Waals surface area contributed by atoms with E-state index >= 15 is 57.5 Å². The first-order valence-corrected chi connectivity index (χ1v) is 45.1. The van der Waals surface area contributed by atoms with Crippen molar-refractivity contribution in [3.63, 3.8) is 0 Å². The number of nitrogens with one attached hydrogen (secondary N) is 9. The summed E-state index contributed by atoms with van der Waals surface area (Å²) in [4.78, 5) is 237. The van der Waals surface area contributed by atoms with Crippen molar-refractivity contribution in [2.24, 2.45) is 17.6 Å². The lowest BCUT2D eigenvalue weighted by Gasteiger charge is -2.38. The summed E-state index contributed by atoms with van der Waals surface area (Å²) in [5.74, 6) is -13.9. The van der Waals surface area contributed by atoms with Crippen molar-refractivity contribution in [3.8, 4) is 11.5 Å². The molecule has 1 unspecified atom stereocenters. The van der Waals surface area contributed by atoms with Crippen LogP contribution in [0.5, 0.6) is 11.5 Å². The van der Waals surface area contributed by atoms with E-state index in [0.29, 0.717) is 70.0 Å². The fourth-order valence-corrected chi connectivity index (χ4v) is 18.0. The highest BCUT2D eigenvalue weighted by Crippen LogP contribution is 2.34. The zero-order valence-electron chi connectivity index (χ0n) is 74.0. The van der Waals surface area contributed by atoms with E-state index in [9.17, 15) is 24.6 Å². The topological polar surface area (TPSA) is 454 Å². The molecule has 3 fully saturated rings. The van der Waals surface area contributed by atoms with Crippen molar-refractivity contribution in [3.05, 3.63) is 197 Å². The number of phenols is 2. The van der Waals surface area contributed by atoms with Crippen molar-refractivity contribution in [1.29, 1.82) is 0 Å². The summed E-state index contributed by atoms with van der Waals surface area (Å²) >= 11 is 0.861. The summed E-state index contributed by atoms with van der Waals surface area (Å²) in [7, 11) is 4.33. The minimum atomic E-state index is -1.59. The van der Waals surface area contributed by atoms with E-state index in [0.717, 1.165) is 16.7 Å². The summed E-state index contributed by atoms with van der Waals surface area (Å²) < 4.78 is 0. The zero-order valence-corrected chi connectivity index (χ0v) is 74.8. The molecule has 0 saturated carbocycles. The fraction of sp³-hybridized carbons (Fsp3) is 0.442. The Kier molecular flexibility index (Phi) is 33.7. The number of amides is 15. The van der Waals surface area contributed by atoms with Crippen LogP contribution in [0, 0.1) is 11.8 Å². The summed E-state index contributed by atoms with van der Waals surface area (Å²) in [6.45, 7) is 7.62. The van der Waals surface area contributed by atoms with Crippen LogP contribution in [-0.4, -0.2) is 260 Å². The lowest BCUT2D eigenvalue weighted by atomic mass is 9.95. The predicted molar refractivity (Wildman–Crippen MR) is 484 cm³/mol. The molecular weight excluding hydrogens is 1670 g/mol. The van der Waals surface area contributed by atoms with Gasteiger partial charge in [-0.15, -0.1) is 11.8 Å². The molecule has 15 amide bonds. The highest BCUT2D eigenvalue weighted by molar-refractivity contribution is 8.00. The number of fused-ring (bicyclic) bond motifs is 7. The third-order valence-electron chi connectivity index (χ3n) is 24.2. The maximum Gasteiger partial charge on any atom is 0.250 e. The molecule has 13 N–H and O–H groups in total. The number of anilines is 1. The molecule has 2 bridgehead atoms. The number of hydrogen-bond donors (Lipinski definition) is 12. The van der Waals surface area contributed by atoms with Crippen LogP contribution in [0.2, 0.25) is 0 Å². The van der Waals surface area contributed by atoms with E-state index in [4.69, 9.17) is 5.73 Å². The molecule has 7 aromatic rings. The van der Waals surface area contributed by atoms with E-state index in [-0.39, 0.29) is 106 Å². The van der Waals surface area contributed by atoms with Gasteiger partial charge in [-0.3, -0.25) is 71.9 Å². The number of H-pyrrole nitrogens is 1. The highest BCUT2D eigenvalue weighted by Gasteiger charge is 2.48. The van der Waals surface area contributed by atoms with Gasteiger partial charge in [0, 0.05) is 102 Å². The quantitative estimate of drug-likeness (QED) is 0.0548. The number of para-hydroxylation sites is 1. The number of carbonyl (C=O) groups excluding carboxylic acids is 15. The third kappa shape index (κ3) is 25.2. The maximum absolute atomic E-state index is 15.8. The number of carbonyl (C=O) groups is 15. The molecule has 129 heavy (non-hydrogen) atoms. The molecule has 0 aliphatic carbocycles. The van der Waals surface area contributed by atoms with Gasteiger partial charge in [-0.05, 0) is 108 Å². The number of benzene rings is 6. The molecule has 1 aromatic heterocycles. The molecule has 5 heterocycles. The Hall–Kier alpha value is -13.1. The summed E-state index contributed by atoms with van der Waals surface area (Å²) in [6.07, 6.45) is 3.01. The zero-order chi connectivity index (χ0) is 92.9. The van der Waals surface area contributed by atoms with E-state index in [1.165, 1.54) is 88.1 Å². The number of primary amides is 1. The van der Waals surface area contributed by atoms with Crippen molar-refractivity contribution >= 4 is 117 Å². The molecule has 3 saturated heterocycles. The Morgan fingerprint density at radius 2 is 1.05 bits per heavy atom. The minimum absolute atomic E-state index is 0.0572. The second-order valence-corrected chi connectivity index (χ2v) is 35.4. The van der Waals surface area contributed by atoms with Gasteiger partial charge in [0.2, 0.25) is 88.6 Å². The van der Waals surface area contributed by atoms with Crippen LogP contribution >= 0.6 is 11.8 Å². The number of aromatic nitrogens is 1. The van der Waals surface area contributed by atoms with Gasteiger partial charge in [0.1, 0.15) is 90.5 Å². The van der Waals surface area contributed by atoms with Gasteiger partial charge < -0.3 is 92.9 Å². The number of rotatable bonds is 19. The second-order valence-electron chi connectivity index (χ2n) is 34.4. The van der Waals surface area contributed by atoms with E-state index in [1.807, 2.05) is 6.92 Å². The number of phenolic OH excluding ortho intramolecular Hbond substituents is 2. The van der Waals surface area contributed by atoms with Crippen LogP contribution < -0.4 is 53.2 Å². The number of aromatic amines is 1. The van der Waals surface area contributed by atoms with E-state index in [2.05, 4.69) is 47.5 Å². The van der Waals surface area contributed by atoms with E-state index in [1.54, 1.807) is 149 Å². The monoisotopic (exact) mass is 1790 g/mol. The Balaban J connectivity index is 0.962. The predicted octanol–water partition coefficient (Wildman–Crippen LogP) is 3.78. The van der Waals surface area contributed by atoms with Gasteiger partial charge in [0.05, 0.1) is 18.0 Å². The van der Waals surface area contributed by atoms with Crippen LogP contribution in [0.25, 0.3) is 10.9 Å². The molecule has 6 aromatic carbocycles. The Morgan fingerprint density at radius 1 is 0.512 bits per heavy atom. The molecule has 0 spiro atoms. The fourth-order valence-electron chi connectivity index (χ4n) is 17.1. The average Bonchev–Trinajstić information content (AvgIpc) is 0.979. The molecule has 33 nitrogen and oxygen atoms in total. The number of nitrogens with zero attached hydrogens (tertiary/aromatic N) is 6. The molecule has 11 rings (SSSR count). The summed E-state index contributed by atoms with van der Waals surface area (Å²) in [5.41, 5.74) is 9.45. The SMILES string of the molecule is CCCC[C@H]1C(=O)N2CCC[C@@H]2C(=O)N2CCC[C@H]2C(=O)N[C@@H](C(C)C)C(=O)N(C)[C@@H](Cc2ccccc2)C(=O)N[C@H]2Cc3ccc(O)cc3N(CC(=O)N[C@@H](Cc3c[nH]c4ccccc34)C(=O)NC(Cc3ccc(O)cc3)C(=O)N[C@@H](CC(C)C)C(=O)N[C@H](C(=O)NCC(N)=O)CSCC(=O)N[C@@H](Cc3ccccc3)C(=O)N(C)[C@@H](Cc3ccccc3)C(=O)N1C)C2=O. The van der Waals surface area contributed by atoms with Gasteiger partial charge in [-0.1, -0.05) is 175 Å². The van der Waals surface area contributed by atoms with Gasteiger partial charge in [0.25, 0.3) is 0 Å². The van der Waals surface area contributed by atoms with Crippen LogP contribution in [0.4, 0.5) is 5.69 Å². The smallest absolute Gasteiger partial charge is 0.250 e. The van der Waals surface area contributed by atoms with Gasteiger partial charge >= 0.3 is 0 Å². The molecule has 0 radical (unpaired) electrons. The van der Waals surface area contributed by atoms with Crippen molar-refractivity contribution in [1.82, 2.24) is 72.0 Å². The van der Waals surface area contributed by atoms with Gasteiger partial charge in [-0.25, -0.2) is 0 Å². The second kappa shape index (κ2) is 45.0. The summed E-state index contributed by atoms with van der Waals surface area (Å²) in [5, 5.41) is 44.3. The van der Waals surface area contributed by atoms with Crippen molar-refractivity contribution in [2.45, 2.75) is 197 Å². The number of aromatic hydroxyl groups is 2. The Labute approximate surface area is 754 Å². The van der Waals surface area contributed by atoms with Gasteiger partial charge in [-0.2, -0.15) is 0 Å². The van der Waals surface area contributed by atoms with Crippen LogP contribution in [0.3, 0.4) is 0 Å². The van der Waals surface area contributed by atoms with Crippen LogP contribution in [-0.2, 0) is 110 Å². The highest BCUT2D eigenvalue weighted by atomic mass is 32.2. The normalized spacial score (nSPS) is 23.7. The number of hydrogen-bond acceptors (Lipinski definition) is 18. The standard InChI is InChI=1S/C95H118N16O17S/c1-9-10-32-75-93(126)110-42-23-34-76(110)94(127)109-41-22-33-74(109)88(121)105-83(57(4)5)95(128)107(7)78(46-59-26-16-12-17-27-59)89(122)103-72-48-62-37-40-65(113)50-77(62)111(91(72)124)53-81(115)99-70(49-63-51-97-67-31-21-20-30-66(63)67)87(120)102-69(44-61-35-38-64(112)39-36-61)86(119)101-68(43-56(2)3)85(118)104-73(84(117)98-52-80(96)114)54-129-55-82(116)100-71(45-58-24-14-11-15-25-58)90(123)108(8)79(92(125)106(75)6)47-60-28-18-13-19-29-60/h11-21,24-31,35-40,50-51,56-57,68-76,78-79,83,97,112-113H,9-10,22-23,32-34,41-49,52-55H2,1-8H3,(H2,96,114)(H,98,117)(H,99,115)(H,100,116)(H,101,119)(H,102,120)(H,103,122)(H,104,118)(H,105,121)/t68-,69?,70-,71-,72-,73-,74-,75-,76+,78-,79-,83-/m0/s1. The minimum Gasteiger partial charge on any atom is -0.508 e. The number of unbranched alkanes of at least 4 members (excludes halogenated alkanes) is 1. The lowest BCUT2D eigenvalue weighted by Crippen LogP contribution is -2.62. The average molecular weight is 1790 g/mol. The van der Waals surface area contributed by atoms with Crippen molar-refractivity contribution in [2.75, 3.05) is 63.7 Å². The molecule has 4 aliphatic heterocycles. The number of thioether (sulfide) groups is 1. The first kappa shape index (κ1) is 96.5. The first-order chi connectivity index (χ1) is 61.7. The van der Waals surface area contributed by atoms with Crippen molar-refractivity contribution < 1.29 is 82.1 Å². The number of likely N-dealkylation sites (N-methyl/N-ethyl adjacent to an activating group) is 3. The van der Waals surface area contributed by atoms with E-state index < -0.39 is 186 Å².